The van der Waals surface area contributed by atoms with Crippen LogP contribution in [0.5, 0.6) is 5.75 Å². The zero-order chi connectivity index (χ0) is 21.1. The van der Waals surface area contributed by atoms with Crippen LogP contribution in [0.4, 0.5) is 30.4 Å². The van der Waals surface area contributed by atoms with E-state index in [1.165, 1.54) is 12.1 Å². The SMILES string of the molecule is CC(Oc1cccnc1[N+](=O)[O-])C(=O)Nc1ccc([N+](=O)[O-])cc1C(F)(F)F. The molecule has 0 bridgehead atoms. The fourth-order valence-electron chi connectivity index (χ4n) is 2.08. The monoisotopic (exact) mass is 400 g/mol. The van der Waals surface area contributed by atoms with E-state index in [1.807, 2.05) is 5.32 Å². The molecule has 0 radical (unpaired) electrons. The van der Waals surface area contributed by atoms with Crippen LogP contribution in [-0.4, -0.2) is 26.8 Å². The third-order valence-electron chi connectivity index (χ3n) is 3.37. The molecule has 2 rings (SSSR count). The average molecular weight is 400 g/mol. The van der Waals surface area contributed by atoms with Gasteiger partial charge in [0.05, 0.1) is 16.2 Å². The van der Waals surface area contributed by atoms with Gasteiger partial charge in [-0.1, -0.05) is 0 Å². The van der Waals surface area contributed by atoms with Crippen molar-refractivity contribution in [3.63, 3.8) is 0 Å². The lowest BCUT2D eigenvalue weighted by atomic mass is 10.1. The van der Waals surface area contributed by atoms with Gasteiger partial charge in [0.15, 0.2) is 6.10 Å². The Kier molecular flexibility index (Phi) is 5.76. The number of carbonyl (C=O) groups is 1. The minimum atomic E-state index is -4.97. The van der Waals surface area contributed by atoms with Crippen molar-refractivity contribution in [1.29, 1.82) is 0 Å². The number of pyridine rings is 1. The van der Waals surface area contributed by atoms with Crippen LogP contribution < -0.4 is 10.1 Å². The first-order valence-electron chi connectivity index (χ1n) is 7.43. The molecule has 0 spiro atoms. The quantitative estimate of drug-likeness (QED) is 0.580. The summed E-state index contributed by atoms with van der Waals surface area (Å²) in [5.41, 5.74) is -2.95. The number of nitro groups is 2. The number of non-ortho nitro benzene ring substituents is 1. The summed E-state index contributed by atoms with van der Waals surface area (Å²) >= 11 is 0. The predicted octanol–water partition coefficient (Wildman–Crippen LogP) is 3.32. The minimum Gasteiger partial charge on any atom is -0.473 e. The summed E-state index contributed by atoms with van der Waals surface area (Å²) in [5, 5.41) is 23.5. The molecule has 1 heterocycles. The maximum atomic E-state index is 13.1. The number of alkyl halides is 3. The van der Waals surface area contributed by atoms with Crippen LogP contribution in [0.15, 0.2) is 36.5 Å². The number of nitrogens with one attached hydrogen (secondary N) is 1. The van der Waals surface area contributed by atoms with Gasteiger partial charge < -0.3 is 20.2 Å². The van der Waals surface area contributed by atoms with E-state index in [1.54, 1.807) is 0 Å². The molecule has 1 N–H and O–H groups in total. The molecule has 28 heavy (non-hydrogen) atoms. The number of aromatic nitrogens is 1. The Morgan fingerprint density at radius 1 is 1.21 bits per heavy atom. The van der Waals surface area contributed by atoms with Crippen molar-refractivity contribution >= 4 is 23.1 Å². The van der Waals surface area contributed by atoms with Crippen molar-refractivity contribution in [2.24, 2.45) is 0 Å². The molecular formula is C15H11F3N4O6. The Labute approximate surface area is 154 Å². The Hall–Kier alpha value is -3.77. The number of hydrogen-bond donors (Lipinski definition) is 1. The number of rotatable bonds is 6. The predicted molar refractivity (Wildman–Crippen MR) is 87.7 cm³/mol. The first kappa shape index (κ1) is 20.5. The highest BCUT2D eigenvalue weighted by atomic mass is 19.4. The van der Waals surface area contributed by atoms with E-state index >= 15 is 0 Å². The van der Waals surface area contributed by atoms with Crippen LogP contribution in [0, 0.1) is 20.2 Å². The molecule has 148 valence electrons. The van der Waals surface area contributed by atoms with Gasteiger partial charge in [-0.15, -0.1) is 0 Å². The lowest BCUT2D eigenvalue weighted by molar-refractivity contribution is -0.390. The van der Waals surface area contributed by atoms with Crippen molar-refractivity contribution in [2.75, 3.05) is 5.32 Å². The molecule has 0 aliphatic carbocycles. The second-order valence-corrected chi connectivity index (χ2v) is 5.32. The summed E-state index contributed by atoms with van der Waals surface area (Å²) < 4.78 is 44.6. The highest BCUT2D eigenvalue weighted by Gasteiger charge is 2.36. The van der Waals surface area contributed by atoms with Gasteiger partial charge in [-0.2, -0.15) is 13.2 Å². The second-order valence-electron chi connectivity index (χ2n) is 5.32. The van der Waals surface area contributed by atoms with Crippen LogP contribution in [0.2, 0.25) is 0 Å². The summed E-state index contributed by atoms with van der Waals surface area (Å²) in [7, 11) is 0. The van der Waals surface area contributed by atoms with Gasteiger partial charge in [0.1, 0.15) is 6.20 Å². The van der Waals surface area contributed by atoms with Crippen molar-refractivity contribution in [1.82, 2.24) is 4.98 Å². The molecule has 1 aromatic carbocycles. The smallest absolute Gasteiger partial charge is 0.418 e. The number of hydrogen-bond acceptors (Lipinski definition) is 7. The maximum absolute atomic E-state index is 13.1. The summed E-state index contributed by atoms with van der Waals surface area (Å²) in [4.78, 5) is 35.4. The van der Waals surface area contributed by atoms with E-state index in [9.17, 15) is 38.2 Å². The van der Waals surface area contributed by atoms with E-state index in [0.29, 0.717) is 0 Å². The first-order valence-corrected chi connectivity index (χ1v) is 7.43. The summed E-state index contributed by atoms with van der Waals surface area (Å²) in [6.07, 6.45) is -5.28. The van der Waals surface area contributed by atoms with Gasteiger partial charge in [-0.05, 0) is 35.0 Å². The van der Waals surface area contributed by atoms with Gasteiger partial charge in [0, 0.05) is 12.1 Å². The van der Waals surface area contributed by atoms with E-state index in [4.69, 9.17) is 4.74 Å². The zero-order valence-electron chi connectivity index (χ0n) is 14.0. The number of nitrogens with zero attached hydrogens (tertiary/aromatic N) is 3. The number of ether oxygens (including phenoxy) is 1. The number of benzene rings is 1. The van der Waals surface area contributed by atoms with Gasteiger partial charge in [0.25, 0.3) is 11.6 Å². The molecule has 0 aliphatic heterocycles. The molecule has 1 amide bonds. The highest BCUT2D eigenvalue weighted by molar-refractivity contribution is 5.95. The minimum absolute atomic E-state index is 0.285. The van der Waals surface area contributed by atoms with Gasteiger partial charge in [-0.25, -0.2) is 0 Å². The number of anilines is 1. The van der Waals surface area contributed by atoms with Gasteiger partial charge in [-0.3, -0.25) is 14.9 Å². The fraction of sp³-hybridized carbons (Fsp3) is 0.200. The molecule has 2 aromatic rings. The average Bonchev–Trinajstić information content (AvgIpc) is 2.61. The fourth-order valence-corrected chi connectivity index (χ4v) is 2.08. The van der Waals surface area contributed by atoms with Crippen LogP contribution >= 0.6 is 0 Å². The van der Waals surface area contributed by atoms with Gasteiger partial charge in [0.2, 0.25) is 5.75 Å². The van der Waals surface area contributed by atoms with Crippen LogP contribution in [0.3, 0.4) is 0 Å². The molecule has 0 saturated heterocycles. The molecule has 0 saturated carbocycles. The Bertz CT molecular complexity index is 934. The third kappa shape index (κ3) is 4.69. The van der Waals surface area contributed by atoms with Crippen molar-refractivity contribution in [3.8, 4) is 5.75 Å². The summed E-state index contributed by atoms with van der Waals surface area (Å²) in [6.45, 7) is 1.16. The van der Waals surface area contributed by atoms with Gasteiger partial charge >= 0.3 is 12.0 Å². The summed E-state index contributed by atoms with van der Waals surface area (Å²) in [6, 6.07) is 4.29. The Balaban J connectivity index is 2.25. The molecular weight excluding hydrogens is 389 g/mol. The normalized spacial score (nSPS) is 12.1. The van der Waals surface area contributed by atoms with Crippen molar-refractivity contribution in [2.45, 2.75) is 19.2 Å². The topological polar surface area (TPSA) is 138 Å². The second kappa shape index (κ2) is 7.85. The Morgan fingerprint density at radius 2 is 1.89 bits per heavy atom. The van der Waals surface area contributed by atoms with Crippen molar-refractivity contribution in [3.05, 3.63) is 62.3 Å². The van der Waals surface area contributed by atoms with E-state index < -0.39 is 50.8 Å². The van der Waals surface area contributed by atoms with Crippen LogP contribution in [0.25, 0.3) is 0 Å². The van der Waals surface area contributed by atoms with E-state index in [2.05, 4.69) is 4.98 Å². The number of amides is 1. The standard InChI is InChI=1S/C15H11F3N4O6/c1-8(28-12-3-2-6-19-13(12)22(26)27)14(23)20-11-5-4-9(21(24)25)7-10(11)15(16,17)18/h2-8H,1H3,(H,20,23). The van der Waals surface area contributed by atoms with Crippen molar-refractivity contribution < 1.29 is 32.5 Å². The first-order chi connectivity index (χ1) is 13.0. The molecule has 1 aromatic heterocycles. The van der Waals surface area contributed by atoms with Crippen LogP contribution in [0.1, 0.15) is 12.5 Å². The third-order valence-corrected chi connectivity index (χ3v) is 3.37. The van der Waals surface area contributed by atoms with Crippen LogP contribution in [-0.2, 0) is 11.0 Å². The lowest BCUT2D eigenvalue weighted by Gasteiger charge is -2.17. The summed E-state index contributed by atoms with van der Waals surface area (Å²) in [5.74, 6) is -2.08. The number of carbonyl (C=O) groups excluding carboxylic acids is 1. The van der Waals surface area contributed by atoms with E-state index in [-0.39, 0.29) is 11.8 Å². The zero-order valence-corrected chi connectivity index (χ0v) is 14.0. The highest BCUT2D eigenvalue weighted by Crippen LogP contribution is 2.37. The Morgan fingerprint density at radius 3 is 2.46 bits per heavy atom. The molecule has 1 atom stereocenters. The number of halogens is 3. The molecule has 13 heteroatoms. The molecule has 10 nitrogen and oxygen atoms in total. The van der Waals surface area contributed by atoms with E-state index in [0.717, 1.165) is 25.3 Å². The molecule has 0 aliphatic rings. The number of nitro benzene ring substituents is 1. The largest absolute Gasteiger partial charge is 0.473 e. The lowest BCUT2D eigenvalue weighted by Crippen LogP contribution is -2.31. The molecule has 1 unspecified atom stereocenters. The maximum Gasteiger partial charge on any atom is 0.418 e. The molecule has 0 fully saturated rings.